The maximum atomic E-state index is 3.66. The molecule has 1 N–H and O–H groups in total. The van der Waals surface area contributed by atoms with Crippen LogP contribution in [0.25, 0.3) is 0 Å². The molecule has 2 heteroatoms. The molecule has 0 saturated carbocycles. The molecule has 0 aromatic heterocycles. The third-order valence-electron chi connectivity index (χ3n) is 4.30. The third kappa shape index (κ3) is 3.46. The van der Waals surface area contributed by atoms with Crippen LogP contribution in [0, 0.1) is 5.92 Å². The fraction of sp³-hybridized carbons (Fsp3) is 1.00. The summed E-state index contributed by atoms with van der Waals surface area (Å²) in [5.74, 6) is 0.798. The van der Waals surface area contributed by atoms with E-state index in [0.29, 0.717) is 11.6 Å². The van der Waals surface area contributed by atoms with Gasteiger partial charge in [0.25, 0.3) is 0 Å². The summed E-state index contributed by atoms with van der Waals surface area (Å²) in [7, 11) is 0. The van der Waals surface area contributed by atoms with E-state index in [1.165, 1.54) is 32.4 Å². The standard InChI is InChI=1S/C14H30N2/c1-6-14(5,7-2)16-9-8-15-13(11-16)10-12(3)4/h12-13,15H,6-11H2,1-5H3. The van der Waals surface area contributed by atoms with Crippen molar-refractivity contribution in [2.45, 2.75) is 65.5 Å². The smallest absolute Gasteiger partial charge is 0.0198 e. The minimum atomic E-state index is 0.414. The third-order valence-corrected chi connectivity index (χ3v) is 4.30. The van der Waals surface area contributed by atoms with Crippen LogP contribution in [0.4, 0.5) is 0 Å². The summed E-state index contributed by atoms with van der Waals surface area (Å²) in [6.07, 6.45) is 3.83. The van der Waals surface area contributed by atoms with Gasteiger partial charge in [-0.25, -0.2) is 0 Å². The molecular formula is C14H30N2. The number of piperazine rings is 1. The van der Waals surface area contributed by atoms with Crippen LogP contribution in [-0.2, 0) is 0 Å². The van der Waals surface area contributed by atoms with Crippen LogP contribution in [-0.4, -0.2) is 36.1 Å². The lowest BCUT2D eigenvalue weighted by Crippen LogP contribution is -2.58. The highest BCUT2D eigenvalue weighted by Crippen LogP contribution is 2.25. The van der Waals surface area contributed by atoms with Gasteiger partial charge in [0.05, 0.1) is 0 Å². The van der Waals surface area contributed by atoms with Crippen molar-refractivity contribution in [3.63, 3.8) is 0 Å². The molecule has 1 rings (SSSR count). The molecule has 1 fully saturated rings. The molecule has 0 aromatic rings. The molecular weight excluding hydrogens is 196 g/mol. The highest BCUT2D eigenvalue weighted by molar-refractivity contribution is 4.90. The van der Waals surface area contributed by atoms with Crippen LogP contribution in [0.1, 0.15) is 53.9 Å². The van der Waals surface area contributed by atoms with Gasteiger partial charge in [-0.2, -0.15) is 0 Å². The molecule has 1 atom stereocenters. The van der Waals surface area contributed by atoms with Crippen LogP contribution in [0.3, 0.4) is 0 Å². The van der Waals surface area contributed by atoms with E-state index in [2.05, 4.69) is 44.8 Å². The molecule has 0 radical (unpaired) electrons. The summed E-state index contributed by atoms with van der Waals surface area (Å²) in [5, 5.41) is 3.66. The molecule has 96 valence electrons. The topological polar surface area (TPSA) is 15.3 Å². The van der Waals surface area contributed by atoms with E-state index < -0.39 is 0 Å². The van der Waals surface area contributed by atoms with Gasteiger partial charge in [0, 0.05) is 31.2 Å². The SMILES string of the molecule is CCC(C)(CC)N1CCNC(CC(C)C)C1. The first-order valence-electron chi connectivity index (χ1n) is 7.00. The van der Waals surface area contributed by atoms with Gasteiger partial charge >= 0.3 is 0 Å². The Morgan fingerprint density at radius 2 is 1.94 bits per heavy atom. The van der Waals surface area contributed by atoms with Crippen LogP contribution in [0.2, 0.25) is 0 Å². The van der Waals surface area contributed by atoms with Crippen molar-refractivity contribution in [1.29, 1.82) is 0 Å². The molecule has 1 aliphatic rings. The van der Waals surface area contributed by atoms with Crippen molar-refractivity contribution < 1.29 is 0 Å². The average Bonchev–Trinajstić information content (AvgIpc) is 2.27. The van der Waals surface area contributed by atoms with Gasteiger partial charge in [0.2, 0.25) is 0 Å². The molecule has 1 heterocycles. The quantitative estimate of drug-likeness (QED) is 0.775. The lowest BCUT2D eigenvalue weighted by Gasteiger charge is -2.45. The Labute approximate surface area is 102 Å². The van der Waals surface area contributed by atoms with E-state index >= 15 is 0 Å². The Morgan fingerprint density at radius 1 is 1.31 bits per heavy atom. The van der Waals surface area contributed by atoms with Gasteiger partial charge < -0.3 is 5.32 Å². The molecule has 16 heavy (non-hydrogen) atoms. The first-order chi connectivity index (χ1) is 7.51. The largest absolute Gasteiger partial charge is 0.311 e. The van der Waals surface area contributed by atoms with Gasteiger partial charge in [-0.05, 0) is 32.1 Å². The van der Waals surface area contributed by atoms with Crippen molar-refractivity contribution in [2.75, 3.05) is 19.6 Å². The zero-order valence-corrected chi connectivity index (χ0v) is 11.8. The first kappa shape index (κ1) is 14.0. The zero-order valence-electron chi connectivity index (χ0n) is 11.8. The molecule has 1 unspecified atom stereocenters. The van der Waals surface area contributed by atoms with Gasteiger partial charge in [0.15, 0.2) is 0 Å². The number of nitrogens with one attached hydrogen (secondary N) is 1. The van der Waals surface area contributed by atoms with E-state index in [1.807, 2.05) is 0 Å². The fourth-order valence-corrected chi connectivity index (χ4v) is 2.74. The maximum absolute atomic E-state index is 3.66. The Hall–Kier alpha value is -0.0800. The maximum Gasteiger partial charge on any atom is 0.0198 e. The molecule has 1 saturated heterocycles. The number of hydrogen-bond donors (Lipinski definition) is 1. The highest BCUT2D eigenvalue weighted by atomic mass is 15.2. The van der Waals surface area contributed by atoms with Crippen LogP contribution in [0.15, 0.2) is 0 Å². The molecule has 0 aromatic carbocycles. The van der Waals surface area contributed by atoms with Crippen molar-refractivity contribution in [3.05, 3.63) is 0 Å². The zero-order chi connectivity index (χ0) is 12.2. The average molecular weight is 226 g/mol. The Morgan fingerprint density at radius 3 is 2.44 bits per heavy atom. The second-order valence-electron chi connectivity index (χ2n) is 5.93. The number of hydrogen-bond acceptors (Lipinski definition) is 2. The van der Waals surface area contributed by atoms with Crippen LogP contribution >= 0.6 is 0 Å². The van der Waals surface area contributed by atoms with Crippen LogP contribution < -0.4 is 5.32 Å². The van der Waals surface area contributed by atoms with Gasteiger partial charge in [-0.15, -0.1) is 0 Å². The lowest BCUT2D eigenvalue weighted by atomic mass is 9.90. The predicted octanol–water partition coefficient (Wildman–Crippen LogP) is 2.89. The summed E-state index contributed by atoms with van der Waals surface area (Å²) in [6.45, 7) is 15.3. The summed E-state index contributed by atoms with van der Waals surface area (Å²) in [6, 6.07) is 0.700. The van der Waals surface area contributed by atoms with Gasteiger partial charge in [-0.3, -0.25) is 4.90 Å². The fourth-order valence-electron chi connectivity index (χ4n) is 2.74. The molecule has 0 amide bonds. The monoisotopic (exact) mass is 226 g/mol. The lowest BCUT2D eigenvalue weighted by molar-refractivity contribution is 0.0581. The molecule has 0 spiro atoms. The normalized spacial score (nSPS) is 24.0. The Bertz CT molecular complexity index is 197. The van der Waals surface area contributed by atoms with Gasteiger partial charge in [-0.1, -0.05) is 27.7 Å². The Kier molecular flexibility index (Phi) is 5.26. The second-order valence-corrected chi connectivity index (χ2v) is 5.93. The van der Waals surface area contributed by atoms with Crippen molar-refractivity contribution >= 4 is 0 Å². The second kappa shape index (κ2) is 6.02. The summed E-state index contributed by atoms with van der Waals surface area (Å²) >= 11 is 0. The van der Waals surface area contributed by atoms with Crippen molar-refractivity contribution in [1.82, 2.24) is 10.2 Å². The van der Waals surface area contributed by atoms with E-state index in [0.717, 1.165) is 12.5 Å². The highest BCUT2D eigenvalue weighted by Gasteiger charge is 2.32. The Balaban J connectivity index is 2.55. The van der Waals surface area contributed by atoms with E-state index in [9.17, 15) is 0 Å². The predicted molar refractivity (Wildman–Crippen MR) is 71.8 cm³/mol. The molecule has 0 bridgehead atoms. The molecule has 0 aliphatic carbocycles. The van der Waals surface area contributed by atoms with Crippen molar-refractivity contribution in [2.24, 2.45) is 5.92 Å². The van der Waals surface area contributed by atoms with E-state index in [1.54, 1.807) is 0 Å². The molecule has 2 nitrogen and oxygen atoms in total. The molecule has 1 aliphatic heterocycles. The van der Waals surface area contributed by atoms with Gasteiger partial charge in [0.1, 0.15) is 0 Å². The summed E-state index contributed by atoms with van der Waals surface area (Å²) in [5.41, 5.74) is 0.414. The van der Waals surface area contributed by atoms with E-state index in [-0.39, 0.29) is 0 Å². The van der Waals surface area contributed by atoms with Crippen molar-refractivity contribution in [3.8, 4) is 0 Å². The van der Waals surface area contributed by atoms with E-state index in [4.69, 9.17) is 0 Å². The number of nitrogens with zero attached hydrogens (tertiary/aromatic N) is 1. The summed E-state index contributed by atoms with van der Waals surface area (Å²) in [4.78, 5) is 2.70. The summed E-state index contributed by atoms with van der Waals surface area (Å²) < 4.78 is 0. The van der Waals surface area contributed by atoms with Crippen LogP contribution in [0.5, 0.6) is 0 Å². The minimum Gasteiger partial charge on any atom is -0.311 e. The number of rotatable bonds is 5. The first-order valence-corrected chi connectivity index (χ1v) is 7.00. The minimum absolute atomic E-state index is 0.414.